The summed E-state index contributed by atoms with van der Waals surface area (Å²) in [5.74, 6) is 0. The first kappa shape index (κ1) is 13.9. The van der Waals surface area contributed by atoms with Gasteiger partial charge in [0.15, 0.2) is 0 Å². The average Bonchev–Trinajstić information content (AvgIpc) is 2.46. The summed E-state index contributed by atoms with van der Waals surface area (Å²) in [6.07, 6.45) is 3.87. The van der Waals surface area contributed by atoms with Gasteiger partial charge in [-0.1, -0.05) is 25.4 Å². The van der Waals surface area contributed by atoms with Crippen LogP contribution < -0.4 is 0 Å². The van der Waals surface area contributed by atoms with Crippen LogP contribution in [0.5, 0.6) is 0 Å². The lowest BCUT2D eigenvalue weighted by Gasteiger charge is -2.23. The maximum Gasteiger partial charge on any atom is 0.131 e. The van der Waals surface area contributed by atoms with Gasteiger partial charge in [-0.25, -0.2) is 0 Å². The van der Waals surface area contributed by atoms with E-state index in [0.29, 0.717) is 5.41 Å². The molecule has 1 aliphatic rings. The van der Waals surface area contributed by atoms with E-state index in [9.17, 15) is 0 Å². The molecule has 3 nitrogen and oxygen atoms in total. The molecule has 1 fully saturated rings. The SMILES string of the molecule is Cc1nn(C)c(Cl)c1CN1CCCC(C)(C)CC1. The van der Waals surface area contributed by atoms with Crippen molar-refractivity contribution in [2.45, 2.75) is 46.6 Å². The van der Waals surface area contributed by atoms with E-state index in [1.54, 1.807) is 4.68 Å². The summed E-state index contributed by atoms with van der Waals surface area (Å²) in [5, 5.41) is 5.17. The standard InChI is InChI=1S/C14H24ClN3/c1-11-12(13(15)17(4)16-11)10-18-8-5-6-14(2,3)7-9-18/h5-10H2,1-4H3. The van der Waals surface area contributed by atoms with Gasteiger partial charge in [-0.3, -0.25) is 9.58 Å². The van der Waals surface area contributed by atoms with E-state index >= 15 is 0 Å². The molecule has 0 aromatic carbocycles. The average molecular weight is 270 g/mol. The third-order valence-electron chi connectivity index (χ3n) is 4.08. The van der Waals surface area contributed by atoms with Crippen LogP contribution in [0.3, 0.4) is 0 Å². The summed E-state index contributed by atoms with van der Waals surface area (Å²) in [5.41, 5.74) is 2.74. The van der Waals surface area contributed by atoms with E-state index in [1.165, 1.54) is 31.4 Å². The number of nitrogens with zero attached hydrogens (tertiary/aromatic N) is 3. The highest BCUT2D eigenvalue weighted by molar-refractivity contribution is 6.30. The van der Waals surface area contributed by atoms with Gasteiger partial charge in [-0.05, 0) is 44.7 Å². The number of rotatable bonds is 2. The highest BCUT2D eigenvalue weighted by Gasteiger charge is 2.24. The molecule has 0 saturated carbocycles. The van der Waals surface area contributed by atoms with E-state index in [0.717, 1.165) is 23.9 Å². The topological polar surface area (TPSA) is 21.1 Å². The highest BCUT2D eigenvalue weighted by Crippen LogP contribution is 2.31. The number of aromatic nitrogens is 2. The largest absolute Gasteiger partial charge is 0.299 e. The molecule has 0 radical (unpaired) electrons. The molecule has 2 rings (SSSR count). The molecule has 0 bridgehead atoms. The summed E-state index contributed by atoms with van der Waals surface area (Å²) in [4.78, 5) is 2.52. The van der Waals surface area contributed by atoms with Crippen LogP contribution in [0.15, 0.2) is 0 Å². The smallest absolute Gasteiger partial charge is 0.131 e. The minimum atomic E-state index is 0.489. The first-order valence-corrected chi connectivity index (χ1v) is 7.17. The fraction of sp³-hybridized carbons (Fsp3) is 0.786. The Kier molecular flexibility index (Phi) is 4.02. The minimum Gasteiger partial charge on any atom is -0.299 e. The van der Waals surface area contributed by atoms with Crippen LogP contribution in [-0.4, -0.2) is 27.8 Å². The molecule has 18 heavy (non-hydrogen) atoms. The monoisotopic (exact) mass is 269 g/mol. The molecule has 4 heteroatoms. The quantitative estimate of drug-likeness (QED) is 0.821. The predicted octanol–water partition coefficient (Wildman–Crippen LogP) is 3.39. The third kappa shape index (κ3) is 3.07. The van der Waals surface area contributed by atoms with Crippen LogP contribution in [0, 0.1) is 12.3 Å². The lowest BCUT2D eigenvalue weighted by molar-refractivity contribution is 0.255. The Hall–Kier alpha value is -0.540. The maximum atomic E-state index is 6.30. The summed E-state index contributed by atoms with van der Waals surface area (Å²) in [7, 11) is 1.91. The van der Waals surface area contributed by atoms with Gasteiger partial charge in [-0.2, -0.15) is 5.10 Å². The number of hydrogen-bond donors (Lipinski definition) is 0. The van der Waals surface area contributed by atoms with Gasteiger partial charge in [0, 0.05) is 19.2 Å². The van der Waals surface area contributed by atoms with Gasteiger partial charge in [-0.15, -0.1) is 0 Å². The van der Waals surface area contributed by atoms with Crippen LogP contribution in [0.4, 0.5) is 0 Å². The molecule has 1 saturated heterocycles. The lowest BCUT2D eigenvalue weighted by atomic mass is 9.85. The number of halogens is 1. The zero-order chi connectivity index (χ0) is 13.3. The van der Waals surface area contributed by atoms with Gasteiger partial charge >= 0.3 is 0 Å². The Morgan fingerprint density at radius 1 is 1.28 bits per heavy atom. The van der Waals surface area contributed by atoms with Crippen molar-refractivity contribution in [1.29, 1.82) is 0 Å². The van der Waals surface area contributed by atoms with Crippen LogP contribution in [0.25, 0.3) is 0 Å². The number of hydrogen-bond acceptors (Lipinski definition) is 2. The van der Waals surface area contributed by atoms with E-state index in [4.69, 9.17) is 11.6 Å². The number of likely N-dealkylation sites (tertiary alicyclic amines) is 1. The van der Waals surface area contributed by atoms with E-state index in [1.807, 2.05) is 14.0 Å². The van der Waals surface area contributed by atoms with Gasteiger partial charge < -0.3 is 0 Å². The van der Waals surface area contributed by atoms with Crippen molar-refractivity contribution >= 4 is 11.6 Å². The van der Waals surface area contributed by atoms with Crippen molar-refractivity contribution in [3.8, 4) is 0 Å². The lowest BCUT2D eigenvalue weighted by Crippen LogP contribution is -2.25. The summed E-state index contributed by atoms with van der Waals surface area (Å²) < 4.78 is 1.77. The zero-order valence-electron chi connectivity index (χ0n) is 12.0. The summed E-state index contributed by atoms with van der Waals surface area (Å²) in [6.45, 7) is 10.1. The molecule has 0 N–H and O–H groups in total. The Bertz CT molecular complexity index is 423. The van der Waals surface area contributed by atoms with E-state index in [2.05, 4.69) is 23.8 Å². The van der Waals surface area contributed by atoms with Crippen molar-refractivity contribution in [3.05, 3.63) is 16.4 Å². The Morgan fingerprint density at radius 3 is 2.61 bits per heavy atom. The van der Waals surface area contributed by atoms with Crippen LogP contribution in [-0.2, 0) is 13.6 Å². The Balaban J connectivity index is 2.05. The second-order valence-electron chi connectivity index (χ2n) is 6.27. The van der Waals surface area contributed by atoms with Crippen molar-refractivity contribution in [2.24, 2.45) is 12.5 Å². The summed E-state index contributed by atoms with van der Waals surface area (Å²) >= 11 is 6.30. The summed E-state index contributed by atoms with van der Waals surface area (Å²) in [6, 6.07) is 0. The highest BCUT2D eigenvalue weighted by atomic mass is 35.5. The van der Waals surface area contributed by atoms with E-state index in [-0.39, 0.29) is 0 Å². The molecular formula is C14H24ClN3. The van der Waals surface area contributed by atoms with Gasteiger partial charge in [0.25, 0.3) is 0 Å². The molecule has 0 aliphatic carbocycles. The van der Waals surface area contributed by atoms with Crippen LogP contribution >= 0.6 is 11.6 Å². The van der Waals surface area contributed by atoms with Crippen molar-refractivity contribution in [1.82, 2.24) is 14.7 Å². The molecule has 2 heterocycles. The zero-order valence-corrected chi connectivity index (χ0v) is 12.7. The van der Waals surface area contributed by atoms with E-state index < -0.39 is 0 Å². The normalized spacial score (nSPS) is 20.9. The first-order chi connectivity index (χ1) is 8.39. The molecule has 0 spiro atoms. The molecule has 1 aromatic heterocycles. The van der Waals surface area contributed by atoms with Gasteiger partial charge in [0.05, 0.1) is 5.69 Å². The third-order valence-corrected chi connectivity index (χ3v) is 4.56. The van der Waals surface area contributed by atoms with Crippen molar-refractivity contribution in [3.63, 3.8) is 0 Å². The molecule has 0 unspecified atom stereocenters. The minimum absolute atomic E-state index is 0.489. The fourth-order valence-corrected chi connectivity index (χ4v) is 2.95. The molecular weight excluding hydrogens is 246 g/mol. The van der Waals surface area contributed by atoms with Crippen molar-refractivity contribution in [2.75, 3.05) is 13.1 Å². The van der Waals surface area contributed by atoms with Crippen LogP contribution in [0.2, 0.25) is 5.15 Å². The number of aryl methyl sites for hydroxylation is 2. The molecule has 0 amide bonds. The molecule has 1 aromatic rings. The van der Waals surface area contributed by atoms with Gasteiger partial charge in [0.1, 0.15) is 5.15 Å². The second-order valence-corrected chi connectivity index (χ2v) is 6.63. The Morgan fingerprint density at radius 2 is 2.00 bits per heavy atom. The molecule has 102 valence electrons. The Labute approximate surface area is 115 Å². The van der Waals surface area contributed by atoms with Crippen molar-refractivity contribution < 1.29 is 0 Å². The van der Waals surface area contributed by atoms with Gasteiger partial charge in [0.2, 0.25) is 0 Å². The predicted molar refractivity (Wildman–Crippen MR) is 75.9 cm³/mol. The maximum absolute atomic E-state index is 6.30. The first-order valence-electron chi connectivity index (χ1n) is 6.79. The molecule has 0 atom stereocenters. The van der Waals surface area contributed by atoms with Crippen LogP contribution in [0.1, 0.15) is 44.4 Å². The second kappa shape index (κ2) is 5.22. The fourth-order valence-electron chi connectivity index (χ4n) is 2.71. The molecule has 1 aliphatic heterocycles.